The van der Waals surface area contributed by atoms with E-state index >= 15 is 0 Å². The van der Waals surface area contributed by atoms with Crippen LogP contribution in [0.4, 0.5) is 0 Å². The van der Waals surface area contributed by atoms with Gasteiger partial charge in [-0.1, -0.05) is 127 Å². The maximum absolute atomic E-state index is 10.2. The summed E-state index contributed by atoms with van der Waals surface area (Å²) in [4.78, 5) is 20.4. The van der Waals surface area contributed by atoms with Crippen LogP contribution in [0.2, 0.25) is 0 Å². The van der Waals surface area contributed by atoms with E-state index in [4.69, 9.17) is 0 Å². The molecule has 0 saturated carbocycles. The zero-order valence-corrected chi connectivity index (χ0v) is 29.9. The average molecular weight is 624 g/mol. The Bertz CT molecular complexity index is 596. The van der Waals surface area contributed by atoms with Crippen molar-refractivity contribution in [1.29, 1.82) is 0 Å². The molecule has 0 aliphatic heterocycles. The van der Waals surface area contributed by atoms with Crippen LogP contribution < -0.4 is 10.2 Å². The molecule has 0 rings (SSSR count). The second kappa shape index (κ2) is 40.7. The molecule has 0 aliphatic rings. The Balaban J connectivity index is -0.000000688. The predicted octanol–water partition coefficient (Wildman–Crippen LogP) is 9.10. The van der Waals surface area contributed by atoms with Gasteiger partial charge in [0.25, 0.3) is 0 Å². The topological polar surface area (TPSA) is 80.3 Å². The number of aliphatic carboxylic acids is 2. The molecule has 0 N–H and O–H groups in total. The fraction of sp³-hybridized carbons (Fsp3) is 0.722. The van der Waals surface area contributed by atoms with Gasteiger partial charge < -0.3 is 19.8 Å². The minimum Gasteiger partial charge on any atom is -0.550 e. The minimum atomic E-state index is -0.921. The van der Waals surface area contributed by atoms with Crippen molar-refractivity contribution in [1.82, 2.24) is 0 Å². The van der Waals surface area contributed by atoms with Crippen LogP contribution in [0.5, 0.6) is 0 Å². The standard InChI is InChI=1S/2C18H32O2.Zn/c2*1-2-3-4-5-6-7-8-9-10-11-12-13-14-15-16-17-18(19)20;/h2*6-7,9-10H,2-5,8,11-17H2,1H3,(H,19,20);/q;;+2/p-2/b2*7-6-,10-9-;. The number of allylic oxidation sites excluding steroid dienone is 8. The van der Waals surface area contributed by atoms with E-state index in [-0.39, 0.29) is 32.3 Å². The number of rotatable bonds is 28. The fourth-order valence-corrected chi connectivity index (χ4v) is 4.16. The first kappa shape index (κ1) is 44.0. The van der Waals surface area contributed by atoms with Gasteiger partial charge in [0.2, 0.25) is 0 Å². The summed E-state index contributed by atoms with van der Waals surface area (Å²) in [6.45, 7) is 4.46. The summed E-state index contributed by atoms with van der Waals surface area (Å²) in [6, 6.07) is 0. The second-order valence-corrected chi connectivity index (χ2v) is 10.7. The van der Waals surface area contributed by atoms with Gasteiger partial charge in [-0.15, -0.1) is 0 Å². The number of carboxylic acids is 2. The molecule has 0 heterocycles. The van der Waals surface area contributed by atoms with Crippen LogP contribution in [0.3, 0.4) is 0 Å². The summed E-state index contributed by atoms with van der Waals surface area (Å²) in [6.07, 6.45) is 43.9. The molecule has 0 saturated heterocycles. The molecule has 4 nitrogen and oxygen atoms in total. The number of carboxylic acid groups (broad SMARTS) is 2. The van der Waals surface area contributed by atoms with E-state index in [0.717, 1.165) is 64.2 Å². The Morgan fingerprint density at radius 3 is 0.976 bits per heavy atom. The molecule has 232 valence electrons. The molecule has 0 amide bonds. The van der Waals surface area contributed by atoms with Crippen molar-refractivity contribution in [3.8, 4) is 0 Å². The summed E-state index contributed by atoms with van der Waals surface area (Å²) in [5.74, 6) is -1.84. The van der Waals surface area contributed by atoms with E-state index in [1.54, 1.807) is 0 Å². The predicted molar refractivity (Wildman–Crippen MR) is 169 cm³/mol. The van der Waals surface area contributed by atoms with E-state index in [1.165, 1.54) is 77.0 Å². The summed E-state index contributed by atoms with van der Waals surface area (Å²) >= 11 is 0. The minimum absolute atomic E-state index is 0. The molecular formula is C36H62O4Zn. The molecular weight excluding hydrogens is 562 g/mol. The van der Waals surface area contributed by atoms with E-state index in [2.05, 4.69) is 62.5 Å². The van der Waals surface area contributed by atoms with Crippen LogP contribution in [-0.4, -0.2) is 11.9 Å². The quantitative estimate of drug-likeness (QED) is 0.0494. The Morgan fingerprint density at radius 1 is 0.415 bits per heavy atom. The van der Waals surface area contributed by atoms with E-state index in [1.807, 2.05) is 0 Å². The molecule has 0 unspecified atom stereocenters. The third-order valence-electron chi connectivity index (χ3n) is 6.66. The molecule has 0 bridgehead atoms. The Morgan fingerprint density at radius 2 is 0.683 bits per heavy atom. The second-order valence-electron chi connectivity index (χ2n) is 10.7. The first-order chi connectivity index (χ1) is 19.5. The van der Waals surface area contributed by atoms with Crippen molar-refractivity contribution in [2.24, 2.45) is 0 Å². The van der Waals surface area contributed by atoms with Crippen LogP contribution >= 0.6 is 0 Å². The first-order valence-corrected chi connectivity index (χ1v) is 16.5. The van der Waals surface area contributed by atoms with Gasteiger partial charge in [-0.3, -0.25) is 0 Å². The molecule has 0 aromatic heterocycles. The molecule has 0 aromatic carbocycles. The van der Waals surface area contributed by atoms with Crippen LogP contribution in [-0.2, 0) is 29.1 Å². The van der Waals surface area contributed by atoms with E-state index < -0.39 is 11.9 Å². The molecule has 0 fully saturated rings. The van der Waals surface area contributed by atoms with Gasteiger partial charge in [0.1, 0.15) is 0 Å². The van der Waals surface area contributed by atoms with Gasteiger partial charge in [-0.05, 0) is 89.9 Å². The van der Waals surface area contributed by atoms with Gasteiger partial charge in [-0.25, -0.2) is 0 Å². The Hall–Kier alpha value is -1.48. The fourth-order valence-electron chi connectivity index (χ4n) is 4.16. The number of carbonyl (C=O) groups excluding carboxylic acids is 2. The van der Waals surface area contributed by atoms with Gasteiger partial charge in [0.15, 0.2) is 0 Å². The average Bonchev–Trinajstić information content (AvgIpc) is 2.93. The van der Waals surface area contributed by atoms with Crippen molar-refractivity contribution < 1.29 is 39.3 Å². The van der Waals surface area contributed by atoms with Crippen molar-refractivity contribution in [2.45, 2.75) is 168 Å². The maximum Gasteiger partial charge on any atom is 2.00 e. The summed E-state index contributed by atoms with van der Waals surface area (Å²) in [5.41, 5.74) is 0. The van der Waals surface area contributed by atoms with Gasteiger partial charge in [0, 0.05) is 11.9 Å². The summed E-state index contributed by atoms with van der Waals surface area (Å²) < 4.78 is 0. The summed E-state index contributed by atoms with van der Waals surface area (Å²) in [5, 5.41) is 20.4. The van der Waals surface area contributed by atoms with Gasteiger partial charge in [0.05, 0.1) is 0 Å². The number of hydrogen-bond donors (Lipinski definition) is 0. The molecule has 0 aromatic rings. The zero-order valence-electron chi connectivity index (χ0n) is 26.9. The van der Waals surface area contributed by atoms with E-state index in [0.29, 0.717) is 0 Å². The molecule has 0 radical (unpaired) electrons. The van der Waals surface area contributed by atoms with Crippen molar-refractivity contribution in [3.63, 3.8) is 0 Å². The Labute approximate surface area is 267 Å². The zero-order chi connectivity index (χ0) is 29.8. The van der Waals surface area contributed by atoms with Crippen molar-refractivity contribution >= 4 is 11.9 Å². The normalized spacial score (nSPS) is 11.4. The number of unbranched alkanes of at least 4 members (excludes halogenated alkanes) is 16. The molecule has 0 spiro atoms. The van der Waals surface area contributed by atoms with Crippen LogP contribution in [0.25, 0.3) is 0 Å². The van der Waals surface area contributed by atoms with Crippen LogP contribution in [0.1, 0.15) is 168 Å². The third kappa shape index (κ3) is 48.6. The molecule has 0 aliphatic carbocycles. The van der Waals surface area contributed by atoms with Crippen molar-refractivity contribution in [3.05, 3.63) is 48.6 Å². The van der Waals surface area contributed by atoms with Crippen LogP contribution in [0, 0.1) is 0 Å². The van der Waals surface area contributed by atoms with Gasteiger partial charge in [-0.2, -0.15) is 0 Å². The monoisotopic (exact) mass is 622 g/mol. The smallest absolute Gasteiger partial charge is 0.550 e. The number of hydrogen-bond acceptors (Lipinski definition) is 4. The SMILES string of the molecule is CCCCC/C=C\C/C=C\CCCCCCCC(=O)[O-].CCCCC/C=C\C/C=C\CCCCCCCC(=O)[O-].[Zn+2]. The van der Waals surface area contributed by atoms with Gasteiger partial charge >= 0.3 is 19.5 Å². The van der Waals surface area contributed by atoms with E-state index in [9.17, 15) is 19.8 Å². The van der Waals surface area contributed by atoms with Crippen LogP contribution in [0.15, 0.2) is 48.6 Å². The molecule has 41 heavy (non-hydrogen) atoms. The largest absolute Gasteiger partial charge is 2.00 e. The Kier molecular flexibility index (Phi) is 43.6. The molecule has 5 heteroatoms. The first-order valence-electron chi connectivity index (χ1n) is 16.5. The van der Waals surface area contributed by atoms with Crippen molar-refractivity contribution in [2.75, 3.05) is 0 Å². The number of carbonyl (C=O) groups is 2. The third-order valence-corrected chi connectivity index (χ3v) is 6.66. The summed E-state index contributed by atoms with van der Waals surface area (Å²) in [7, 11) is 0. The molecule has 0 atom stereocenters. The maximum atomic E-state index is 10.2.